The molecule has 8 nitrogen and oxygen atoms in total. The van der Waals surface area contributed by atoms with Crippen LogP contribution in [-0.2, 0) is 0 Å². The lowest BCUT2D eigenvalue weighted by molar-refractivity contribution is 0.0691. The molecule has 1 saturated heterocycles. The molecule has 1 saturated carbocycles. The van der Waals surface area contributed by atoms with Gasteiger partial charge in [-0.15, -0.1) is 0 Å². The van der Waals surface area contributed by atoms with Crippen LogP contribution >= 0.6 is 23.2 Å². The lowest BCUT2D eigenvalue weighted by Crippen LogP contribution is -2.35. The Hall–Kier alpha value is -2.91. The van der Waals surface area contributed by atoms with Crippen LogP contribution in [0.25, 0.3) is 5.65 Å². The number of nitrogens with zero attached hydrogens (tertiary/aromatic N) is 4. The third-order valence-electron chi connectivity index (χ3n) is 6.34. The van der Waals surface area contributed by atoms with Gasteiger partial charge in [0, 0.05) is 24.8 Å². The first-order chi connectivity index (χ1) is 15.7. The minimum Gasteiger partial charge on any atom is -0.476 e. The number of carboxylic acid groups (broad SMARTS) is 1. The number of hydrogen-bond donors (Lipinski definition) is 2. The average molecular weight is 492 g/mol. The molecule has 0 spiro atoms. The Morgan fingerprint density at radius 2 is 2.09 bits per heavy atom. The Labute approximate surface area is 198 Å². The first-order valence-electron chi connectivity index (χ1n) is 10.6. The number of carboxylic acids is 1. The zero-order valence-electron chi connectivity index (χ0n) is 17.6. The number of fused-ring (bicyclic) bond motifs is 2. The Kier molecular flexibility index (Phi) is 5.41. The second-order valence-corrected chi connectivity index (χ2v) is 9.38. The third-order valence-corrected chi connectivity index (χ3v) is 6.76. The van der Waals surface area contributed by atoms with E-state index in [9.17, 15) is 14.7 Å². The fourth-order valence-corrected chi connectivity index (χ4v) is 4.89. The van der Waals surface area contributed by atoms with Crippen molar-refractivity contribution in [2.75, 3.05) is 23.3 Å². The summed E-state index contributed by atoms with van der Waals surface area (Å²) in [7, 11) is 0. The van der Waals surface area contributed by atoms with Gasteiger partial charge < -0.3 is 15.3 Å². The van der Waals surface area contributed by atoms with Gasteiger partial charge in [-0.25, -0.2) is 14.8 Å². The maximum absolute atomic E-state index is 15.1. The predicted octanol–water partition coefficient (Wildman–Crippen LogP) is 4.25. The van der Waals surface area contributed by atoms with Gasteiger partial charge in [0.05, 0.1) is 16.8 Å². The monoisotopic (exact) mass is 491 g/mol. The molecule has 3 aromatic heterocycles. The summed E-state index contributed by atoms with van der Waals surface area (Å²) < 4.78 is 16.2. The number of aromatic carboxylic acids is 1. The van der Waals surface area contributed by atoms with Crippen molar-refractivity contribution in [2.24, 2.45) is 11.8 Å². The van der Waals surface area contributed by atoms with Crippen molar-refractivity contribution < 1.29 is 14.3 Å². The van der Waals surface area contributed by atoms with E-state index in [1.54, 1.807) is 13.0 Å². The number of aromatic nitrogens is 3. The van der Waals surface area contributed by atoms with E-state index in [-0.39, 0.29) is 33.0 Å². The maximum atomic E-state index is 15.1. The number of anilines is 2. The van der Waals surface area contributed by atoms with Crippen LogP contribution in [0.15, 0.2) is 29.2 Å². The van der Waals surface area contributed by atoms with Crippen molar-refractivity contribution >= 4 is 46.3 Å². The zero-order valence-corrected chi connectivity index (χ0v) is 19.1. The number of carbonyl (C=O) groups is 1. The molecule has 0 aromatic carbocycles. The molecule has 1 aliphatic carbocycles. The van der Waals surface area contributed by atoms with Crippen LogP contribution in [0.4, 0.5) is 15.9 Å². The molecule has 5 rings (SSSR count). The molecule has 0 amide bonds. The summed E-state index contributed by atoms with van der Waals surface area (Å²) in [5.41, 5.74) is -0.0860. The van der Waals surface area contributed by atoms with E-state index < -0.39 is 23.4 Å². The van der Waals surface area contributed by atoms with Crippen LogP contribution in [-0.4, -0.2) is 38.5 Å². The molecule has 172 valence electrons. The third kappa shape index (κ3) is 4.00. The van der Waals surface area contributed by atoms with Crippen molar-refractivity contribution in [2.45, 2.75) is 25.8 Å². The lowest BCUT2D eigenvalue weighted by atomic mass is 10.1. The van der Waals surface area contributed by atoms with Gasteiger partial charge in [0.25, 0.3) is 5.56 Å². The highest BCUT2D eigenvalue weighted by molar-refractivity contribution is 6.30. The van der Waals surface area contributed by atoms with Crippen molar-refractivity contribution in [3.63, 3.8) is 0 Å². The Morgan fingerprint density at radius 1 is 1.30 bits per heavy atom. The summed E-state index contributed by atoms with van der Waals surface area (Å²) in [6.07, 6.45) is 3.42. The van der Waals surface area contributed by atoms with Gasteiger partial charge in [-0.2, -0.15) is 4.39 Å². The van der Waals surface area contributed by atoms with Crippen molar-refractivity contribution in [3.05, 3.63) is 62.0 Å². The largest absolute Gasteiger partial charge is 0.476 e. The topological polar surface area (TPSA) is 99.8 Å². The van der Waals surface area contributed by atoms with E-state index in [1.807, 2.05) is 4.90 Å². The standard InChI is InChI=1S/C22H20Cl2FN5O3/c1-10(26-15-2-3-16(24)27-18(15)22(32)33)14-7-13(23)9-30-19(14)28-20(17(25)21(30)31)29-5-4-11-6-12(11)8-29/h2-3,7,9-12,26H,4-6,8H2,1H3,(H,32,33)/t10-,11?,12?/m1/s1. The van der Waals surface area contributed by atoms with E-state index in [0.717, 1.165) is 17.2 Å². The number of hydrogen-bond acceptors (Lipinski definition) is 6. The van der Waals surface area contributed by atoms with Crippen molar-refractivity contribution in [1.82, 2.24) is 14.4 Å². The minimum atomic E-state index is -1.25. The Bertz CT molecular complexity index is 1350. The summed E-state index contributed by atoms with van der Waals surface area (Å²) in [5, 5.41) is 12.8. The predicted molar refractivity (Wildman–Crippen MR) is 123 cm³/mol. The van der Waals surface area contributed by atoms with Crippen LogP contribution in [0.3, 0.4) is 0 Å². The van der Waals surface area contributed by atoms with Crippen LogP contribution in [0.1, 0.15) is 41.9 Å². The molecule has 1 aliphatic heterocycles. The van der Waals surface area contributed by atoms with Gasteiger partial charge in [0.1, 0.15) is 10.8 Å². The smallest absolute Gasteiger partial charge is 0.356 e. The Morgan fingerprint density at radius 3 is 2.82 bits per heavy atom. The normalized spacial score (nSPS) is 20.4. The maximum Gasteiger partial charge on any atom is 0.356 e. The summed E-state index contributed by atoms with van der Waals surface area (Å²) in [6.45, 7) is 3.09. The summed E-state index contributed by atoms with van der Waals surface area (Å²) in [5.74, 6) is -0.891. The fraction of sp³-hybridized carbons (Fsp3) is 0.364. The number of rotatable bonds is 5. The summed E-state index contributed by atoms with van der Waals surface area (Å²) >= 11 is 12.1. The van der Waals surface area contributed by atoms with E-state index in [1.165, 1.54) is 18.3 Å². The molecule has 0 bridgehead atoms. The second-order valence-electron chi connectivity index (χ2n) is 8.55. The first-order valence-corrected chi connectivity index (χ1v) is 11.3. The molecule has 2 N–H and O–H groups in total. The van der Waals surface area contributed by atoms with Gasteiger partial charge in [-0.3, -0.25) is 9.20 Å². The summed E-state index contributed by atoms with van der Waals surface area (Å²) in [6, 6.07) is 4.06. The van der Waals surface area contributed by atoms with E-state index >= 15 is 4.39 Å². The van der Waals surface area contributed by atoms with E-state index in [4.69, 9.17) is 23.2 Å². The van der Waals surface area contributed by atoms with Gasteiger partial charge in [-0.05, 0) is 49.8 Å². The van der Waals surface area contributed by atoms with Gasteiger partial charge in [0.2, 0.25) is 5.82 Å². The number of piperidine rings is 1. The highest BCUT2D eigenvalue weighted by atomic mass is 35.5. The molecule has 3 aromatic rings. The molecule has 0 radical (unpaired) electrons. The van der Waals surface area contributed by atoms with Gasteiger partial charge in [0.15, 0.2) is 11.5 Å². The van der Waals surface area contributed by atoms with Crippen LogP contribution < -0.4 is 15.8 Å². The van der Waals surface area contributed by atoms with Crippen LogP contribution in [0.2, 0.25) is 10.2 Å². The summed E-state index contributed by atoms with van der Waals surface area (Å²) in [4.78, 5) is 34.7. The quantitative estimate of drug-likeness (QED) is 0.514. The molecule has 2 unspecified atom stereocenters. The van der Waals surface area contributed by atoms with Gasteiger partial charge in [-0.1, -0.05) is 23.2 Å². The minimum absolute atomic E-state index is 0.0421. The number of halogens is 3. The molecular weight excluding hydrogens is 472 g/mol. The molecule has 3 atom stereocenters. The Balaban J connectivity index is 1.59. The highest BCUT2D eigenvalue weighted by Gasteiger charge is 2.42. The molecule has 33 heavy (non-hydrogen) atoms. The highest BCUT2D eigenvalue weighted by Crippen LogP contribution is 2.45. The first kappa shape index (κ1) is 21.9. The van der Waals surface area contributed by atoms with E-state index in [0.29, 0.717) is 30.5 Å². The zero-order chi connectivity index (χ0) is 23.4. The average Bonchev–Trinajstić information content (AvgIpc) is 3.56. The number of pyridine rings is 2. The second kappa shape index (κ2) is 8.14. The molecule has 4 heterocycles. The lowest BCUT2D eigenvalue weighted by Gasteiger charge is -2.28. The number of nitrogens with one attached hydrogen (secondary N) is 1. The molecule has 2 aliphatic rings. The van der Waals surface area contributed by atoms with Crippen LogP contribution in [0, 0.1) is 17.7 Å². The SMILES string of the molecule is C[C@@H](Nc1ccc(Cl)nc1C(=O)O)c1cc(Cl)cn2c(=O)c(F)c(N3CCC4CC4C3)nc12. The van der Waals surface area contributed by atoms with Crippen molar-refractivity contribution in [1.29, 1.82) is 0 Å². The fourth-order valence-electron chi connectivity index (χ4n) is 4.53. The molecule has 11 heteroatoms. The molecule has 2 fully saturated rings. The van der Waals surface area contributed by atoms with Crippen LogP contribution in [0.5, 0.6) is 0 Å². The van der Waals surface area contributed by atoms with Gasteiger partial charge >= 0.3 is 5.97 Å². The molecular formula is C22H20Cl2FN5O3. The van der Waals surface area contributed by atoms with E-state index in [2.05, 4.69) is 15.3 Å². The van der Waals surface area contributed by atoms with Crippen molar-refractivity contribution in [3.8, 4) is 0 Å².